The van der Waals surface area contributed by atoms with E-state index in [2.05, 4.69) is 42.0 Å². The minimum Gasteiger partial charge on any atom is -0.271 e. The first kappa shape index (κ1) is 11.9. The number of aryl methyl sites for hydroxylation is 3. The van der Waals surface area contributed by atoms with E-state index < -0.39 is 0 Å². The molecule has 1 aliphatic rings. The molecule has 18 heavy (non-hydrogen) atoms. The van der Waals surface area contributed by atoms with Crippen LogP contribution in [0.2, 0.25) is 0 Å². The molecule has 94 valence electrons. The number of benzene rings is 1. The lowest BCUT2D eigenvalue weighted by Crippen LogP contribution is -2.28. The van der Waals surface area contributed by atoms with E-state index in [0.717, 1.165) is 0 Å². The molecule has 3 heteroatoms. The maximum absolute atomic E-state index is 5.77. The zero-order chi connectivity index (χ0) is 12.5. The second-order valence-electron chi connectivity index (χ2n) is 4.95. The zero-order valence-corrected chi connectivity index (χ0v) is 11.4. The predicted molar refractivity (Wildman–Crippen MR) is 76.7 cm³/mol. The lowest BCUT2D eigenvalue weighted by atomic mass is 9.99. The topological polar surface area (TPSA) is 38.0 Å². The van der Waals surface area contributed by atoms with Crippen LogP contribution in [0.3, 0.4) is 0 Å². The maximum atomic E-state index is 5.77. The molecule has 1 atom stereocenters. The van der Waals surface area contributed by atoms with Crippen LogP contribution in [0, 0.1) is 6.92 Å². The second-order valence-corrected chi connectivity index (χ2v) is 5.90. The minimum absolute atomic E-state index is 0.121. The Hall–Kier alpha value is -1.16. The quantitative estimate of drug-likeness (QED) is 0.656. The number of hydrogen-bond donors (Lipinski definition) is 2. The summed E-state index contributed by atoms with van der Waals surface area (Å²) in [6, 6.07) is 9.08. The van der Waals surface area contributed by atoms with Gasteiger partial charge in [0.2, 0.25) is 0 Å². The highest BCUT2D eigenvalue weighted by Gasteiger charge is 2.18. The first-order chi connectivity index (χ1) is 8.79. The van der Waals surface area contributed by atoms with Crippen LogP contribution in [-0.2, 0) is 12.8 Å². The summed E-state index contributed by atoms with van der Waals surface area (Å²) in [5, 5.41) is 2.13. The molecule has 0 spiro atoms. The molecule has 1 aromatic heterocycles. The van der Waals surface area contributed by atoms with Gasteiger partial charge in [-0.15, -0.1) is 11.3 Å². The van der Waals surface area contributed by atoms with Crippen LogP contribution in [-0.4, -0.2) is 0 Å². The number of rotatable bonds is 3. The molecule has 0 fully saturated rings. The van der Waals surface area contributed by atoms with Crippen molar-refractivity contribution in [2.75, 3.05) is 0 Å². The van der Waals surface area contributed by atoms with Crippen molar-refractivity contribution in [3.05, 3.63) is 56.8 Å². The Morgan fingerprint density at radius 2 is 2.06 bits per heavy atom. The fourth-order valence-electron chi connectivity index (χ4n) is 2.77. The molecular weight excluding hydrogens is 240 g/mol. The van der Waals surface area contributed by atoms with Crippen molar-refractivity contribution < 1.29 is 0 Å². The van der Waals surface area contributed by atoms with Gasteiger partial charge < -0.3 is 0 Å². The molecule has 1 aliphatic carbocycles. The van der Waals surface area contributed by atoms with Gasteiger partial charge in [-0.2, -0.15) is 0 Å². The van der Waals surface area contributed by atoms with Crippen molar-refractivity contribution in [1.82, 2.24) is 5.43 Å². The van der Waals surface area contributed by atoms with Gasteiger partial charge in [0.25, 0.3) is 0 Å². The third-order valence-corrected chi connectivity index (χ3v) is 4.87. The summed E-state index contributed by atoms with van der Waals surface area (Å²) in [4.78, 5) is 1.32. The standard InChI is InChI=1S/C15H18N2S/c1-10-7-8-18-15(10)14(17-16)13-6-5-11-3-2-4-12(11)9-13/h5-9,14,17H,2-4,16H2,1H3. The monoisotopic (exact) mass is 258 g/mol. The molecule has 1 unspecified atom stereocenters. The van der Waals surface area contributed by atoms with E-state index in [1.807, 2.05) is 0 Å². The highest BCUT2D eigenvalue weighted by atomic mass is 32.1. The van der Waals surface area contributed by atoms with E-state index >= 15 is 0 Å². The predicted octanol–water partition coefficient (Wildman–Crippen LogP) is 3.10. The highest BCUT2D eigenvalue weighted by Crippen LogP contribution is 2.31. The lowest BCUT2D eigenvalue weighted by molar-refractivity contribution is 0.643. The molecular formula is C15H18N2S. The average molecular weight is 258 g/mol. The molecule has 0 bridgehead atoms. The van der Waals surface area contributed by atoms with Crippen LogP contribution in [0.4, 0.5) is 0 Å². The molecule has 2 nitrogen and oxygen atoms in total. The van der Waals surface area contributed by atoms with Gasteiger partial charge in [0.15, 0.2) is 0 Å². The largest absolute Gasteiger partial charge is 0.271 e. The molecule has 1 heterocycles. The molecule has 0 saturated heterocycles. The summed E-state index contributed by atoms with van der Waals surface area (Å²) < 4.78 is 0. The van der Waals surface area contributed by atoms with Gasteiger partial charge >= 0.3 is 0 Å². The molecule has 0 aliphatic heterocycles. The third-order valence-electron chi connectivity index (χ3n) is 3.79. The van der Waals surface area contributed by atoms with Crippen molar-refractivity contribution >= 4 is 11.3 Å². The number of hydrazine groups is 1. The highest BCUT2D eigenvalue weighted by molar-refractivity contribution is 7.10. The van der Waals surface area contributed by atoms with E-state index in [0.29, 0.717) is 0 Å². The van der Waals surface area contributed by atoms with Gasteiger partial charge in [-0.1, -0.05) is 18.2 Å². The number of fused-ring (bicyclic) bond motifs is 1. The third kappa shape index (κ3) is 1.99. The van der Waals surface area contributed by atoms with E-state index in [1.165, 1.54) is 46.4 Å². The van der Waals surface area contributed by atoms with Crippen LogP contribution in [0.15, 0.2) is 29.6 Å². The first-order valence-electron chi connectivity index (χ1n) is 6.41. The van der Waals surface area contributed by atoms with Crippen LogP contribution in [0.5, 0.6) is 0 Å². The summed E-state index contributed by atoms with van der Waals surface area (Å²) in [5.74, 6) is 5.77. The summed E-state index contributed by atoms with van der Waals surface area (Å²) in [6.07, 6.45) is 3.73. The molecule has 2 aromatic rings. The van der Waals surface area contributed by atoms with Gasteiger partial charge in [-0.25, -0.2) is 5.43 Å². The zero-order valence-electron chi connectivity index (χ0n) is 10.6. The van der Waals surface area contributed by atoms with Gasteiger partial charge in [0.05, 0.1) is 6.04 Å². The Balaban J connectivity index is 2.00. The van der Waals surface area contributed by atoms with E-state index in [9.17, 15) is 0 Å². The Kier molecular flexibility index (Phi) is 3.20. The van der Waals surface area contributed by atoms with Crippen LogP contribution < -0.4 is 11.3 Å². The second kappa shape index (κ2) is 4.84. The first-order valence-corrected chi connectivity index (χ1v) is 7.29. The van der Waals surface area contributed by atoms with Crippen molar-refractivity contribution in [1.29, 1.82) is 0 Å². The van der Waals surface area contributed by atoms with Crippen molar-refractivity contribution in [2.45, 2.75) is 32.2 Å². The fraction of sp³-hybridized carbons (Fsp3) is 0.333. The maximum Gasteiger partial charge on any atom is 0.0805 e. The van der Waals surface area contributed by atoms with Crippen molar-refractivity contribution in [2.24, 2.45) is 5.84 Å². The normalized spacial score (nSPS) is 15.7. The summed E-state index contributed by atoms with van der Waals surface area (Å²) in [5.41, 5.74) is 8.57. The van der Waals surface area contributed by atoms with E-state index in [1.54, 1.807) is 11.3 Å². The van der Waals surface area contributed by atoms with Crippen LogP contribution in [0.1, 0.15) is 39.6 Å². The Morgan fingerprint density at radius 3 is 2.78 bits per heavy atom. The van der Waals surface area contributed by atoms with E-state index in [4.69, 9.17) is 5.84 Å². The SMILES string of the molecule is Cc1ccsc1C(NN)c1ccc2c(c1)CCC2. The lowest BCUT2D eigenvalue weighted by Gasteiger charge is -2.17. The van der Waals surface area contributed by atoms with Crippen LogP contribution >= 0.6 is 11.3 Å². The van der Waals surface area contributed by atoms with Gasteiger partial charge in [-0.05, 0) is 59.9 Å². The Morgan fingerprint density at radius 1 is 1.22 bits per heavy atom. The molecule has 3 N–H and O–H groups in total. The minimum atomic E-state index is 0.121. The van der Waals surface area contributed by atoms with Crippen molar-refractivity contribution in [3.8, 4) is 0 Å². The summed E-state index contributed by atoms with van der Waals surface area (Å²) >= 11 is 1.77. The fourth-order valence-corrected chi connectivity index (χ4v) is 3.79. The van der Waals surface area contributed by atoms with Gasteiger partial charge in [0, 0.05) is 4.88 Å². The molecule has 0 amide bonds. The van der Waals surface area contributed by atoms with E-state index in [-0.39, 0.29) is 6.04 Å². The number of nitrogens with two attached hydrogens (primary N) is 1. The van der Waals surface area contributed by atoms with Crippen LogP contribution in [0.25, 0.3) is 0 Å². The number of thiophene rings is 1. The average Bonchev–Trinajstić information content (AvgIpc) is 2.99. The Labute approximate surface area is 112 Å². The molecule has 1 aromatic carbocycles. The smallest absolute Gasteiger partial charge is 0.0805 e. The number of hydrogen-bond acceptors (Lipinski definition) is 3. The molecule has 0 saturated carbocycles. The summed E-state index contributed by atoms with van der Waals surface area (Å²) in [7, 11) is 0. The molecule has 0 radical (unpaired) electrons. The number of nitrogens with one attached hydrogen (secondary N) is 1. The van der Waals surface area contributed by atoms with Gasteiger partial charge in [-0.3, -0.25) is 5.84 Å². The Bertz CT molecular complexity index is 559. The van der Waals surface area contributed by atoms with Crippen molar-refractivity contribution in [3.63, 3.8) is 0 Å². The van der Waals surface area contributed by atoms with Gasteiger partial charge in [0.1, 0.15) is 0 Å². The summed E-state index contributed by atoms with van der Waals surface area (Å²) in [6.45, 7) is 2.14. The molecule has 3 rings (SSSR count).